The molecule has 23 heavy (non-hydrogen) atoms. The summed E-state index contributed by atoms with van der Waals surface area (Å²) in [6, 6.07) is 16.5. The lowest BCUT2D eigenvalue weighted by Gasteiger charge is -2.05. The number of pyridine rings is 3. The minimum Gasteiger partial charge on any atom is -0.256 e. The van der Waals surface area contributed by atoms with Crippen LogP contribution in [0.25, 0.3) is 42.5 Å². The molecule has 5 aromatic rings. The monoisotopic (exact) mass is 313 g/mol. The Kier molecular flexibility index (Phi) is 2.66. The van der Waals surface area contributed by atoms with Gasteiger partial charge in [0.15, 0.2) is 0 Å². The van der Waals surface area contributed by atoms with Gasteiger partial charge in [-0.05, 0) is 24.3 Å². The Morgan fingerprint density at radius 2 is 1.65 bits per heavy atom. The Morgan fingerprint density at radius 3 is 2.65 bits per heavy atom. The molecule has 0 N–H and O–H groups in total. The zero-order chi connectivity index (χ0) is 15.2. The predicted octanol–water partition coefficient (Wildman–Crippen LogP) is 5.06. The molecule has 0 atom stereocenters. The van der Waals surface area contributed by atoms with E-state index in [2.05, 4.69) is 51.4 Å². The number of para-hydroxylation sites is 1. The number of thiophene rings is 1. The van der Waals surface area contributed by atoms with E-state index in [-0.39, 0.29) is 0 Å². The lowest BCUT2D eigenvalue weighted by Crippen LogP contribution is -1.87. The SMILES string of the molecule is c1cnc2c(-c3cc4sc5ncccc5c4cn3)cccc2c1. The molecular formula is C19H11N3S. The van der Waals surface area contributed by atoms with Crippen molar-refractivity contribution in [3.63, 3.8) is 0 Å². The van der Waals surface area contributed by atoms with Gasteiger partial charge < -0.3 is 0 Å². The third-order valence-corrected chi connectivity index (χ3v) is 5.12. The van der Waals surface area contributed by atoms with Crippen LogP contribution >= 0.6 is 11.3 Å². The van der Waals surface area contributed by atoms with E-state index in [9.17, 15) is 0 Å². The van der Waals surface area contributed by atoms with Gasteiger partial charge in [0.05, 0.1) is 11.2 Å². The Morgan fingerprint density at radius 1 is 0.783 bits per heavy atom. The molecule has 1 aromatic carbocycles. The van der Waals surface area contributed by atoms with Gasteiger partial charge in [-0.25, -0.2) is 4.98 Å². The van der Waals surface area contributed by atoms with Crippen LogP contribution in [0.4, 0.5) is 0 Å². The number of rotatable bonds is 1. The van der Waals surface area contributed by atoms with Crippen LogP contribution in [0.5, 0.6) is 0 Å². The lowest BCUT2D eigenvalue weighted by atomic mass is 10.1. The average molecular weight is 313 g/mol. The molecule has 0 unspecified atom stereocenters. The van der Waals surface area contributed by atoms with Crippen molar-refractivity contribution in [1.29, 1.82) is 0 Å². The molecule has 0 radical (unpaired) electrons. The van der Waals surface area contributed by atoms with Crippen molar-refractivity contribution in [2.75, 3.05) is 0 Å². The van der Waals surface area contributed by atoms with Gasteiger partial charge >= 0.3 is 0 Å². The molecule has 4 heteroatoms. The highest BCUT2D eigenvalue weighted by Gasteiger charge is 2.10. The fourth-order valence-corrected chi connectivity index (χ4v) is 4.02. The van der Waals surface area contributed by atoms with Crippen molar-refractivity contribution < 1.29 is 0 Å². The second-order valence-corrected chi connectivity index (χ2v) is 6.44. The summed E-state index contributed by atoms with van der Waals surface area (Å²) in [5.74, 6) is 0. The normalized spacial score (nSPS) is 11.5. The van der Waals surface area contributed by atoms with Crippen molar-refractivity contribution in [2.45, 2.75) is 0 Å². The van der Waals surface area contributed by atoms with E-state index < -0.39 is 0 Å². The van der Waals surface area contributed by atoms with E-state index in [0.717, 1.165) is 32.4 Å². The third kappa shape index (κ3) is 1.92. The summed E-state index contributed by atoms with van der Waals surface area (Å²) < 4.78 is 1.21. The van der Waals surface area contributed by atoms with Gasteiger partial charge in [-0.3, -0.25) is 9.97 Å². The molecule has 0 aliphatic carbocycles. The first-order chi connectivity index (χ1) is 11.4. The van der Waals surface area contributed by atoms with Gasteiger partial charge in [0, 0.05) is 45.0 Å². The summed E-state index contributed by atoms with van der Waals surface area (Å²) in [4.78, 5) is 14.7. The maximum absolute atomic E-state index is 4.69. The highest BCUT2D eigenvalue weighted by molar-refractivity contribution is 7.25. The minimum atomic E-state index is 0.952. The fourth-order valence-electron chi connectivity index (χ4n) is 2.96. The largest absolute Gasteiger partial charge is 0.256 e. The van der Waals surface area contributed by atoms with E-state index in [1.807, 2.05) is 30.7 Å². The molecule has 4 aromatic heterocycles. The summed E-state index contributed by atoms with van der Waals surface area (Å²) in [6.45, 7) is 0. The number of fused-ring (bicyclic) bond motifs is 4. The smallest absolute Gasteiger partial charge is 0.124 e. The summed E-state index contributed by atoms with van der Waals surface area (Å²) in [7, 11) is 0. The Balaban J connectivity index is 1.81. The first-order valence-corrected chi connectivity index (χ1v) is 8.19. The van der Waals surface area contributed by atoms with Gasteiger partial charge in [-0.2, -0.15) is 0 Å². The molecule has 0 saturated carbocycles. The summed E-state index contributed by atoms with van der Waals surface area (Å²) in [6.07, 6.45) is 5.61. The van der Waals surface area contributed by atoms with E-state index in [1.165, 1.54) is 10.1 Å². The van der Waals surface area contributed by atoms with E-state index in [4.69, 9.17) is 0 Å². The number of nitrogens with zero attached hydrogens (tertiary/aromatic N) is 3. The van der Waals surface area contributed by atoms with E-state index in [1.54, 1.807) is 11.3 Å². The van der Waals surface area contributed by atoms with Crippen molar-refractivity contribution in [3.05, 3.63) is 67.1 Å². The van der Waals surface area contributed by atoms with Gasteiger partial charge in [0.2, 0.25) is 0 Å². The number of hydrogen-bond donors (Lipinski definition) is 0. The van der Waals surface area contributed by atoms with Gasteiger partial charge in [0.25, 0.3) is 0 Å². The van der Waals surface area contributed by atoms with E-state index >= 15 is 0 Å². The summed E-state index contributed by atoms with van der Waals surface area (Å²) >= 11 is 1.70. The zero-order valence-corrected chi connectivity index (χ0v) is 12.9. The number of aromatic nitrogens is 3. The van der Waals surface area contributed by atoms with Gasteiger partial charge in [-0.15, -0.1) is 11.3 Å². The molecule has 108 valence electrons. The third-order valence-electron chi connectivity index (χ3n) is 4.04. The van der Waals surface area contributed by atoms with Gasteiger partial charge in [0.1, 0.15) is 4.83 Å². The van der Waals surface area contributed by atoms with Gasteiger partial charge in [-0.1, -0.05) is 24.3 Å². The molecule has 0 aliphatic heterocycles. The molecule has 0 fully saturated rings. The average Bonchev–Trinajstić information content (AvgIpc) is 2.99. The van der Waals surface area contributed by atoms with Crippen LogP contribution < -0.4 is 0 Å². The van der Waals surface area contributed by atoms with Crippen LogP contribution in [0, 0.1) is 0 Å². The molecule has 0 saturated heterocycles. The molecule has 3 nitrogen and oxygen atoms in total. The summed E-state index contributed by atoms with van der Waals surface area (Å²) in [5, 5.41) is 3.46. The molecule has 0 amide bonds. The second kappa shape index (κ2) is 4.83. The van der Waals surface area contributed by atoms with Crippen LogP contribution in [0.1, 0.15) is 0 Å². The van der Waals surface area contributed by atoms with Crippen molar-refractivity contribution in [3.8, 4) is 11.3 Å². The Labute approximate surface area is 136 Å². The first kappa shape index (κ1) is 12.7. The van der Waals surface area contributed by atoms with Crippen LogP contribution in [0.3, 0.4) is 0 Å². The molecule has 5 rings (SSSR count). The van der Waals surface area contributed by atoms with Crippen LogP contribution in [-0.4, -0.2) is 15.0 Å². The Bertz CT molecular complexity index is 1170. The standard InChI is InChI=1S/C19H11N3S/c1-4-12-5-2-8-20-18(12)14(6-1)16-10-17-15(11-22-16)13-7-3-9-21-19(13)23-17/h1-11H. The van der Waals surface area contributed by atoms with Crippen molar-refractivity contribution >= 4 is 42.5 Å². The van der Waals surface area contributed by atoms with E-state index in [0.29, 0.717) is 0 Å². The lowest BCUT2D eigenvalue weighted by molar-refractivity contribution is 1.35. The molecule has 0 aliphatic rings. The van der Waals surface area contributed by atoms with Crippen LogP contribution in [0.15, 0.2) is 67.1 Å². The zero-order valence-electron chi connectivity index (χ0n) is 12.1. The Hall–Kier alpha value is -2.85. The molecule has 0 spiro atoms. The quantitative estimate of drug-likeness (QED) is 0.434. The molecule has 0 bridgehead atoms. The highest BCUT2D eigenvalue weighted by atomic mass is 32.1. The molecule has 4 heterocycles. The predicted molar refractivity (Wildman–Crippen MR) is 95.7 cm³/mol. The molecular weight excluding hydrogens is 302 g/mol. The minimum absolute atomic E-state index is 0.952. The maximum Gasteiger partial charge on any atom is 0.124 e. The highest BCUT2D eigenvalue weighted by Crippen LogP contribution is 2.35. The number of benzene rings is 1. The maximum atomic E-state index is 4.69. The first-order valence-electron chi connectivity index (χ1n) is 7.37. The topological polar surface area (TPSA) is 38.7 Å². The van der Waals surface area contributed by atoms with Crippen molar-refractivity contribution in [1.82, 2.24) is 15.0 Å². The fraction of sp³-hybridized carbons (Fsp3) is 0. The van der Waals surface area contributed by atoms with Crippen LogP contribution in [0.2, 0.25) is 0 Å². The van der Waals surface area contributed by atoms with Crippen LogP contribution in [-0.2, 0) is 0 Å². The number of hydrogen-bond acceptors (Lipinski definition) is 4. The van der Waals surface area contributed by atoms with Crippen molar-refractivity contribution in [2.24, 2.45) is 0 Å². The second-order valence-electron chi connectivity index (χ2n) is 5.40. The summed E-state index contributed by atoms with van der Waals surface area (Å²) in [5.41, 5.74) is 3.00.